The number of allylic oxidation sites excluding steroid dienone is 1. The summed E-state index contributed by atoms with van der Waals surface area (Å²) >= 11 is 3.53. The first-order valence-electron chi connectivity index (χ1n) is 2.85. The number of hydrogen-bond donors (Lipinski definition) is 0. The fraction of sp³-hybridized carbons (Fsp3) is 0.500. The fourth-order valence-electron chi connectivity index (χ4n) is 0.954. The molecule has 0 saturated carbocycles. The molecule has 9 heavy (non-hydrogen) atoms. The summed E-state index contributed by atoms with van der Waals surface area (Å²) in [5.41, 5.74) is 0. The van der Waals surface area contributed by atoms with E-state index in [1.165, 1.54) is 0 Å². The van der Waals surface area contributed by atoms with Crippen molar-refractivity contribution in [3.8, 4) is 0 Å². The van der Waals surface area contributed by atoms with Crippen LogP contribution < -0.4 is 0 Å². The van der Waals surface area contributed by atoms with E-state index < -0.39 is 0 Å². The second-order valence-electron chi connectivity index (χ2n) is 2.06. The van der Waals surface area contributed by atoms with Crippen molar-refractivity contribution >= 4 is 29.3 Å². The summed E-state index contributed by atoms with van der Waals surface area (Å²) in [6, 6.07) is 0. The topological polar surface area (TPSA) is 17.1 Å². The quantitative estimate of drug-likeness (QED) is 0.529. The highest BCUT2D eigenvalue weighted by molar-refractivity contribution is 8.22. The van der Waals surface area contributed by atoms with Crippen LogP contribution in [-0.4, -0.2) is 21.4 Å². The molecule has 1 heterocycles. The van der Waals surface area contributed by atoms with Crippen LogP contribution in [-0.2, 0) is 4.79 Å². The van der Waals surface area contributed by atoms with Gasteiger partial charge in [0, 0.05) is 11.5 Å². The molecular formula is C6H6OS2. The molecule has 1 spiro atoms. The Morgan fingerprint density at radius 3 is 2.33 bits per heavy atom. The molecule has 2 rings (SSSR count). The highest BCUT2D eigenvalue weighted by Gasteiger charge is 2.44. The van der Waals surface area contributed by atoms with E-state index in [0.717, 1.165) is 11.5 Å². The Balaban J connectivity index is 2.26. The lowest BCUT2D eigenvalue weighted by molar-refractivity contribution is -0.115. The molecule has 48 valence electrons. The van der Waals surface area contributed by atoms with E-state index in [9.17, 15) is 4.79 Å². The third-order valence-electron chi connectivity index (χ3n) is 1.51. The average Bonchev–Trinajstić information content (AvgIpc) is 2.34. The predicted molar refractivity (Wildman–Crippen MR) is 41.8 cm³/mol. The maximum absolute atomic E-state index is 10.9. The van der Waals surface area contributed by atoms with Crippen LogP contribution in [0.25, 0.3) is 0 Å². The van der Waals surface area contributed by atoms with Crippen molar-refractivity contribution in [1.82, 2.24) is 0 Å². The molecule has 0 atom stereocenters. The van der Waals surface area contributed by atoms with Gasteiger partial charge in [0.25, 0.3) is 0 Å². The summed E-state index contributed by atoms with van der Waals surface area (Å²) in [7, 11) is 0. The predicted octanol–water partition coefficient (Wildman–Crippen LogP) is 1.30. The van der Waals surface area contributed by atoms with Crippen LogP contribution in [0, 0.1) is 0 Å². The zero-order valence-electron chi connectivity index (χ0n) is 4.79. The van der Waals surface area contributed by atoms with E-state index in [1.807, 2.05) is 6.08 Å². The van der Waals surface area contributed by atoms with Crippen LogP contribution in [0.4, 0.5) is 0 Å². The number of rotatable bonds is 0. The molecule has 2 aliphatic rings. The van der Waals surface area contributed by atoms with Crippen molar-refractivity contribution in [2.45, 2.75) is 4.08 Å². The highest BCUT2D eigenvalue weighted by Crippen LogP contribution is 2.49. The zero-order chi connectivity index (χ0) is 6.32. The zero-order valence-corrected chi connectivity index (χ0v) is 6.43. The first kappa shape index (κ1) is 5.86. The van der Waals surface area contributed by atoms with Crippen molar-refractivity contribution in [1.29, 1.82) is 0 Å². The van der Waals surface area contributed by atoms with Crippen molar-refractivity contribution in [2.24, 2.45) is 0 Å². The molecule has 1 saturated heterocycles. The second-order valence-corrected chi connectivity index (χ2v) is 5.00. The second kappa shape index (κ2) is 1.80. The first-order chi connectivity index (χ1) is 4.33. The molecule has 0 bridgehead atoms. The Bertz CT molecular complexity index is 179. The molecule has 1 fully saturated rings. The molecule has 0 unspecified atom stereocenters. The van der Waals surface area contributed by atoms with Gasteiger partial charge in [-0.15, -0.1) is 23.5 Å². The van der Waals surface area contributed by atoms with Crippen LogP contribution in [0.3, 0.4) is 0 Å². The number of carbonyl (C=O) groups excluding carboxylic acids is 1. The summed E-state index contributed by atoms with van der Waals surface area (Å²) in [6.07, 6.45) is 3.68. The summed E-state index contributed by atoms with van der Waals surface area (Å²) < 4.78 is -0.111. The van der Waals surface area contributed by atoms with Crippen LogP contribution in [0.15, 0.2) is 12.2 Å². The monoisotopic (exact) mass is 158 g/mol. The van der Waals surface area contributed by atoms with Crippen molar-refractivity contribution in [3.05, 3.63) is 12.2 Å². The highest BCUT2D eigenvalue weighted by atomic mass is 32.2. The van der Waals surface area contributed by atoms with E-state index in [2.05, 4.69) is 0 Å². The molecule has 1 aliphatic heterocycles. The average molecular weight is 158 g/mol. The van der Waals surface area contributed by atoms with Gasteiger partial charge in [-0.2, -0.15) is 0 Å². The van der Waals surface area contributed by atoms with Gasteiger partial charge in [-0.25, -0.2) is 0 Å². The largest absolute Gasteiger partial charge is 0.292 e. The van der Waals surface area contributed by atoms with Crippen LogP contribution in [0.2, 0.25) is 0 Å². The van der Waals surface area contributed by atoms with Crippen LogP contribution in [0.5, 0.6) is 0 Å². The molecule has 0 aromatic heterocycles. The van der Waals surface area contributed by atoms with Gasteiger partial charge in [0.05, 0.1) is 0 Å². The summed E-state index contributed by atoms with van der Waals surface area (Å²) in [4.78, 5) is 10.9. The van der Waals surface area contributed by atoms with Gasteiger partial charge in [-0.05, 0) is 12.2 Å². The van der Waals surface area contributed by atoms with Gasteiger partial charge in [-0.3, -0.25) is 4.79 Å². The van der Waals surface area contributed by atoms with Gasteiger partial charge < -0.3 is 0 Å². The van der Waals surface area contributed by atoms with Gasteiger partial charge in [-0.1, -0.05) is 0 Å². The molecule has 0 N–H and O–H groups in total. The number of ketones is 1. The van der Waals surface area contributed by atoms with Gasteiger partial charge >= 0.3 is 0 Å². The summed E-state index contributed by atoms with van der Waals surface area (Å²) in [5, 5.41) is 0. The third-order valence-corrected chi connectivity index (χ3v) is 4.83. The molecule has 1 nitrogen and oxygen atoms in total. The normalized spacial score (nSPS) is 29.1. The van der Waals surface area contributed by atoms with E-state index in [1.54, 1.807) is 29.6 Å². The van der Waals surface area contributed by atoms with Crippen molar-refractivity contribution in [3.63, 3.8) is 0 Å². The van der Waals surface area contributed by atoms with Crippen molar-refractivity contribution < 1.29 is 4.79 Å². The minimum absolute atomic E-state index is 0.111. The third kappa shape index (κ3) is 0.679. The molecule has 3 heteroatoms. The minimum Gasteiger partial charge on any atom is -0.292 e. The maximum Gasteiger partial charge on any atom is 0.185 e. The Morgan fingerprint density at radius 2 is 2.11 bits per heavy atom. The Morgan fingerprint density at radius 1 is 1.44 bits per heavy atom. The number of thioether (sulfide) groups is 2. The molecule has 1 aliphatic carbocycles. The van der Waals surface area contributed by atoms with Crippen molar-refractivity contribution in [2.75, 3.05) is 11.5 Å². The summed E-state index contributed by atoms with van der Waals surface area (Å²) in [5.74, 6) is 2.55. The van der Waals surface area contributed by atoms with Gasteiger partial charge in [0.15, 0.2) is 5.78 Å². The molecular weight excluding hydrogens is 152 g/mol. The maximum atomic E-state index is 10.9. The first-order valence-corrected chi connectivity index (χ1v) is 4.82. The van der Waals surface area contributed by atoms with Crippen LogP contribution in [0.1, 0.15) is 0 Å². The smallest absolute Gasteiger partial charge is 0.185 e. The molecule has 0 aromatic rings. The van der Waals surface area contributed by atoms with E-state index in [0.29, 0.717) is 5.78 Å². The Labute approximate surface area is 62.3 Å². The number of carbonyl (C=O) groups is 1. The SMILES string of the molecule is O=C1C=CC12SCCS2. The minimum atomic E-state index is -0.111. The molecule has 0 amide bonds. The van der Waals surface area contributed by atoms with E-state index in [-0.39, 0.29) is 4.08 Å². The van der Waals surface area contributed by atoms with Gasteiger partial charge in [0.2, 0.25) is 0 Å². The van der Waals surface area contributed by atoms with Gasteiger partial charge in [0.1, 0.15) is 4.08 Å². The summed E-state index contributed by atoms with van der Waals surface area (Å²) in [6.45, 7) is 0. The molecule has 0 radical (unpaired) electrons. The fourth-order valence-corrected chi connectivity index (χ4v) is 3.81. The van der Waals surface area contributed by atoms with Crippen LogP contribution >= 0.6 is 23.5 Å². The lowest BCUT2D eigenvalue weighted by atomic mass is 10.1. The molecule has 0 aromatic carbocycles. The van der Waals surface area contributed by atoms with E-state index in [4.69, 9.17) is 0 Å². The Kier molecular flexibility index (Phi) is 1.17. The van der Waals surface area contributed by atoms with E-state index >= 15 is 0 Å². The lowest BCUT2D eigenvalue weighted by Gasteiger charge is -2.25. The lowest BCUT2D eigenvalue weighted by Crippen LogP contribution is -2.32. The standard InChI is InChI=1S/C6H6OS2/c7-5-1-2-6(5)8-3-4-9-6/h1-2H,3-4H2. The Hall–Kier alpha value is 0.110. The number of hydrogen-bond acceptors (Lipinski definition) is 3.